The van der Waals surface area contributed by atoms with Gasteiger partial charge in [0.15, 0.2) is 11.5 Å². The third-order valence-electron chi connectivity index (χ3n) is 3.97. The molecule has 0 aromatic heterocycles. The van der Waals surface area contributed by atoms with Crippen molar-refractivity contribution in [3.05, 3.63) is 47.5 Å². The molecule has 7 heteroatoms. The van der Waals surface area contributed by atoms with Crippen molar-refractivity contribution >= 4 is 17.5 Å². The van der Waals surface area contributed by atoms with Gasteiger partial charge >= 0.3 is 0 Å². The predicted molar refractivity (Wildman–Crippen MR) is 103 cm³/mol. The van der Waals surface area contributed by atoms with Crippen LogP contribution in [0.15, 0.2) is 36.4 Å². The highest BCUT2D eigenvalue weighted by atomic mass is 16.5. The minimum Gasteiger partial charge on any atom is -0.493 e. The standard InChI is InChI=1S/C20H24N2O5/c1-13-6-8-15(9-7-13)21-18(23)12-22(2)20(24)14-10-16(25-3)19(27-5)17(11-14)26-4/h6-11H,12H2,1-5H3,(H,21,23). The summed E-state index contributed by atoms with van der Waals surface area (Å²) in [6.45, 7) is 1.87. The molecule has 2 amide bonds. The number of anilines is 1. The zero-order valence-electron chi connectivity index (χ0n) is 16.2. The maximum Gasteiger partial charge on any atom is 0.254 e. The van der Waals surface area contributed by atoms with E-state index < -0.39 is 0 Å². The third-order valence-corrected chi connectivity index (χ3v) is 3.97. The highest BCUT2D eigenvalue weighted by Crippen LogP contribution is 2.38. The first-order valence-corrected chi connectivity index (χ1v) is 8.31. The third kappa shape index (κ3) is 4.91. The molecule has 2 aromatic rings. The average molecular weight is 372 g/mol. The molecule has 144 valence electrons. The first-order valence-electron chi connectivity index (χ1n) is 8.31. The molecule has 0 radical (unpaired) electrons. The van der Waals surface area contributed by atoms with Crippen LogP contribution >= 0.6 is 0 Å². The molecule has 0 aliphatic heterocycles. The van der Waals surface area contributed by atoms with Crippen LogP contribution in [0.5, 0.6) is 17.2 Å². The number of rotatable bonds is 7. The first kappa shape index (κ1) is 20.1. The van der Waals surface area contributed by atoms with Crippen molar-refractivity contribution in [2.24, 2.45) is 0 Å². The SMILES string of the molecule is COc1cc(C(=O)N(C)CC(=O)Nc2ccc(C)cc2)cc(OC)c1OC. The molecule has 0 fully saturated rings. The Morgan fingerprint density at radius 2 is 1.52 bits per heavy atom. The predicted octanol–water partition coefficient (Wildman–Crippen LogP) is 2.73. The topological polar surface area (TPSA) is 77.1 Å². The number of nitrogens with zero attached hydrogens (tertiary/aromatic N) is 1. The summed E-state index contributed by atoms with van der Waals surface area (Å²) in [7, 11) is 6.00. The molecular formula is C20H24N2O5. The second-order valence-electron chi connectivity index (χ2n) is 5.99. The molecule has 0 saturated carbocycles. The van der Waals surface area contributed by atoms with E-state index >= 15 is 0 Å². The van der Waals surface area contributed by atoms with E-state index in [9.17, 15) is 9.59 Å². The second kappa shape index (κ2) is 8.93. The van der Waals surface area contributed by atoms with E-state index in [1.54, 1.807) is 19.2 Å². The maximum absolute atomic E-state index is 12.7. The lowest BCUT2D eigenvalue weighted by molar-refractivity contribution is -0.116. The first-order chi connectivity index (χ1) is 12.9. The minimum atomic E-state index is -0.340. The van der Waals surface area contributed by atoms with Crippen LogP contribution in [0.4, 0.5) is 5.69 Å². The van der Waals surface area contributed by atoms with E-state index in [0.717, 1.165) is 5.56 Å². The molecular weight excluding hydrogens is 348 g/mol. The Hall–Kier alpha value is -3.22. The Bertz CT molecular complexity index is 793. The fraction of sp³-hybridized carbons (Fsp3) is 0.300. The zero-order chi connectivity index (χ0) is 20.0. The van der Waals surface area contributed by atoms with Crippen molar-refractivity contribution in [3.8, 4) is 17.2 Å². The maximum atomic E-state index is 12.7. The summed E-state index contributed by atoms with van der Waals surface area (Å²) in [5.74, 6) is 0.516. The van der Waals surface area contributed by atoms with Gasteiger partial charge in [-0.25, -0.2) is 0 Å². The molecule has 0 spiro atoms. The van der Waals surface area contributed by atoms with Crippen LogP contribution in [0.2, 0.25) is 0 Å². The highest BCUT2D eigenvalue weighted by molar-refractivity contribution is 6.00. The van der Waals surface area contributed by atoms with Crippen molar-refractivity contribution < 1.29 is 23.8 Å². The normalized spacial score (nSPS) is 10.1. The van der Waals surface area contributed by atoms with Gasteiger partial charge in [-0.3, -0.25) is 9.59 Å². The Labute approximate surface area is 158 Å². The summed E-state index contributed by atoms with van der Waals surface area (Å²) in [6, 6.07) is 10.5. The number of amides is 2. The summed E-state index contributed by atoms with van der Waals surface area (Å²) in [6.07, 6.45) is 0. The molecule has 0 saturated heterocycles. The molecule has 2 rings (SSSR count). The number of benzene rings is 2. The molecule has 2 aromatic carbocycles. The van der Waals surface area contributed by atoms with Gasteiger partial charge in [0.1, 0.15) is 0 Å². The van der Waals surface area contributed by atoms with Gasteiger partial charge in [0.2, 0.25) is 11.7 Å². The van der Waals surface area contributed by atoms with E-state index in [0.29, 0.717) is 28.5 Å². The molecule has 0 aliphatic rings. The molecule has 27 heavy (non-hydrogen) atoms. The van der Waals surface area contributed by atoms with Crippen LogP contribution in [-0.2, 0) is 4.79 Å². The molecule has 7 nitrogen and oxygen atoms in total. The molecule has 0 atom stereocenters. The van der Waals surface area contributed by atoms with Crippen molar-refractivity contribution in [3.63, 3.8) is 0 Å². The summed E-state index contributed by atoms with van der Waals surface area (Å²) in [4.78, 5) is 26.2. The van der Waals surface area contributed by atoms with E-state index in [-0.39, 0.29) is 18.4 Å². The molecule has 1 N–H and O–H groups in total. The van der Waals surface area contributed by atoms with Crippen molar-refractivity contribution in [2.45, 2.75) is 6.92 Å². The van der Waals surface area contributed by atoms with Gasteiger partial charge in [-0.1, -0.05) is 17.7 Å². The second-order valence-corrected chi connectivity index (χ2v) is 5.99. The Morgan fingerprint density at radius 1 is 0.963 bits per heavy atom. The number of ether oxygens (including phenoxy) is 3. The van der Waals surface area contributed by atoms with Gasteiger partial charge in [0, 0.05) is 18.3 Å². The number of likely N-dealkylation sites (N-methyl/N-ethyl adjacent to an activating group) is 1. The van der Waals surface area contributed by atoms with Crippen molar-refractivity contribution in [1.82, 2.24) is 4.90 Å². The van der Waals surface area contributed by atoms with E-state index in [1.165, 1.54) is 26.2 Å². The van der Waals surface area contributed by atoms with Gasteiger partial charge in [-0.2, -0.15) is 0 Å². The van der Waals surface area contributed by atoms with E-state index in [2.05, 4.69) is 5.32 Å². The monoisotopic (exact) mass is 372 g/mol. The fourth-order valence-corrected chi connectivity index (χ4v) is 2.55. The number of carbonyl (C=O) groups excluding carboxylic acids is 2. The quantitative estimate of drug-likeness (QED) is 0.809. The summed E-state index contributed by atoms with van der Waals surface area (Å²) >= 11 is 0. The summed E-state index contributed by atoms with van der Waals surface area (Å²) in [5.41, 5.74) is 2.11. The summed E-state index contributed by atoms with van der Waals surface area (Å²) < 4.78 is 15.8. The number of hydrogen-bond donors (Lipinski definition) is 1. The molecule has 0 heterocycles. The van der Waals surface area contributed by atoms with Crippen LogP contribution in [0.3, 0.4) is 0 Å². The van der Waals surface area contributed by atoms with Gasteiger partial charge in [0.25, 0.3) is 5.91 Å². The zero-order valence-corrected chi connectivity index (χ0v) is 16.2. The van der Waals surface area contributed by atoms with E-state index in [4.69, 9.17) is 14.2 Å². The van der Waals surface area contributed by atoms with Crippen LogP contribution in [-0.4, -0.2) is 51.6 Å². The molecule has 0 bridgehead atoms. The van der Waals surface area contributed by atoms with Gasteiger partial charge in [-0.05, 0) is 31.2 Å². The summed E-state index contributed by atoms with van der Waals surface area (Å²) in [5, 5.41) is 2.77. The Balaban J connectivity index is 2.12. The van der Waals surface area contributed by atoms with Crippen LogP contribution in [0.1, 0.15) is 15.9 Å². The number of carbonyl (C=O) groups is 2. The van der Waals surface area contributed by atoms with Crippen LogP contribution in [0, 0.1) is 6.92 Å². The highest BCUT2D eigenvalue weighted by Gasteiger charge is 2.20. The Kier molecular flexibility index (Phi) is 6.65. The number of nitrogens with one attached hydrogen (secondary N) is 1. The van der Waals surface area contributed by atoms with Crippen LogP contribution < -0.4 is 19.5 Å². The smallest absolute Gasteiger partial charge is 0.254 e. The Morgan fingerprint density at radius 3 is 2.00 bits per heavy atom. The fourth-order valence-electron chi connectivity index (χ4n) is 2.55. The van der Waals surface area contributed by atoms with Gasteiger partial charge in [-0.15, -0.1) is 0 Å². The molecule has 0 unspecified atom stereocenters. The lowest BCUT2D eigenvalue weighted by Gasteiger charge is -2.19. The van der Waals surface area contributed by atoms with Crippen LogP contribution in [0.25, 0.3) is 0 Å². The van der Waals surface area contributed by atoms with Crippen molar-refractivity contribution in [2.75, 3.05) is 40.2 Å². The average Bonchev–Trinajstić information content (AvgIpc) is 2.67. The number of methoxy groups -OCH3 is 3. The van der Waals surface area contributed by atoms with E-state index in [1.807, 2.05) is 31.2 Å². The lowest BCUT2D eigenvalue weighted by atomic mass is 10.1. The van der Waals surface area contributed by atoms with Crippen molar-refractivity contribution in [1.29, 1.82) is 0 Å². The minimum absolute atomic E-state index is 0.0939. The van der Waals surface area contributed by atoms with Gasteiger partial charge < -0.3 is 24.4 Å². The largest absolute Gasteiger partial charge is 0.493 e. The number of hydrogen-bond acceptors (Lipinski definition) is 5. The number of aryl methyl sites for hydroxylation is 1. The lowest BCUT2D eigenvalue weighted by Crippen LogP contribution is -2.35. The molecule has 0 aliphatic carbocycles. The van der Waals surface area contributed by atoms with Gasteiger partial charge in [0.05, 0.1) is 27.9 Å².